The number of carbonyl (C=O) groups is 1. The monoisotopic (exact) mass is 432 g/mol. The lowest BCUT2D eigenvalue weighted by Gasteiger charge is -2.54. The molecule has 1 atom stereocenters. The van der Waals surface area contributed by atoms with Crippen LogP contribution in [0.5, 0.6) is 0 Å². The van der Waals surface area contributed by atoms with Gasteiger partial charge >= 0.3 is 6.09 Å². The molecule has 2 fully saturated rings. The van der Waals surface area contributed by atoms with Crippen molar-refractivity contribution in [2.45, 2.75) is 63.5 Å². The summed E-state index contributed by atoms with van der Waals surface area (Å²) < 4.78 is 5.78. The van der Waals surface area contributed by atoms with Crippen molar-refractivity contribution in [3.8, 4) is 0 Å². The van der Waals surface area contributed by atoms with Crippen LogP contribution in [0.15, 0.2) is 41.0 Å². The van der Waals surface area contributed by atoms with Gasteiger partial charge < -0.3 is 16.2 Å². The van der Waals surface area contributed by atoms with Gasteiger partial charge in [-0.1, -0.05) is 30.2 Å². The van der Waals surface area contributed by atoms with E-state index in [0.717, 1.165) is 36.1 Å². The fourth-order valence-corrected chi connectivity index (χ4v) is 4.63. The van der Waals surface area contributed by atoms with Gasteiger partial charge in [-0.15, -0.1) is 0 Å². The van der Waals surface area contributed by atoms with Crippen molar-refractivity contribution in [3.63, 3.8) is 0 Å². The predicted octanol–water partition coefficient (Wildman–Crippen LogP) is 4.01. The molecule has 164 valence electrons. The van der Waals surface area contributed by atoms with Crippen molar-refractivity contribution >= 4 is 23.4 Å². The highest BCUT2D eigenvalue weighted by Crippen LogP contribution is 2.50. The molecule has 1 unspecified atom stereocenters. The van der Waals surface area contributed by atoms with Crippen LogP contribution in [0.3, 0.4) is 0 Å². The minimum Gasteiger partial charge on any atom is -0.444 e. The van der Waals surface area contributed by atoms with Gasteiger partial charge in [-0.3, -0.25) is 9.89 Å². The molecule has 1 saturated heterocycles. The second-order valence-corrected chi connectivity index (χ2v) is 9.53. The number of nitrogens with two attached hydrogens (primary N) is 2. The van der Waals surface area contributed by atoms with E-state index in [9.17, 15) is 4.79 Å². The normalized spacial score (nSPS) is 24.0. The molecule has 1 aliphatic carbocycles. The van der Waals surface area contributed by atoms with E-state index >= 15 is 0 Å². The number of ether oxygens (including phenoxy) is 1. The Kier molecular flexibility index (Phi) is 6.78. The quantitative estimate of drug-likeness (QED) is 0.751. The zero-order chi connectivity index (χ0) is 21.9. The van der Waals surface area contributed by atoms with Crippen molar-refractivity contribution in [1.82, 2.24) is 4.90 Å². The van der Waals surface area contributed by atoms with Crippen LogP contribution in [-0.4, -0.2) is 48.0 Å². The number of hydrogen-bond acceptors (Lipinski definition) is 5. The first kappa shape index (κ1) is 22.6. The molecule has 0 spiro atoms. The summed E-state index contributed by atoms with van der Waals surface area (Å²) in [5.41, 5.74) is 13.9. The first-order valence-corrected chi connectivity index (χ1v) is 11.0. The van der Waals surface area contributed by atoms with Gasteiger partial charge in [0.2, 0.25) is 0 Å². The summed E-state index contributed by atoms with van der Waals surface area (Å²) in [4.78, 5) is 19.9. The van der Waals surface area contributed by atoms with Crippen molar-refractivity contribution in [2.24, 2.45) is 16.5 Å². The van der Waals surface area contributed by atoms with Gasteiger partial charge in [-0.05, 0) is 69.5 Å². The number of hydrogen-bond donors (Lipinski definition) is 2. The number of aliphatic imine (C=N–C) groups is 1. The predicted molar refractivity (Wildman–Crippen MR) is 122 cm³/mol. The van der Waals surface area contributed by atoms with Gasteiger partial charge in [0.25, 0.3) is 0 Å². The Morgan fingerprint density at radius 2 is 2.00 bits per heavy atom. The zero-order valence-electron chi connectivity index (χ0n) is 18.2. The molecule has 3 rings (SSSR count). The van der Waals surface area contributed by atoms with Crippen LogP contribution < -0.4 is 11.5 Å². The number of halogens is 1. The molecule has 4 N–H and O–H groups in total. The Balaban J connectivity index is 2.11. The van der Waals surface area contributed by atoms with Crippen LogP contribution in [0.1, 0.15) is 52.0 Å². The standard InChI is InChI=1S/C23H33ClN4O2/c1-22(2,3)30-21(29)28-14-9-16(15-26)19(27-13-12-25)20(28)23(10-4-11-23)17-5-7-18(24)8-6-17/h5-8,15,20H,4,9-14,25-26H2,1-3H3. The van der Waals surface area contributed by atoms with E-state index in [4.69, 9.17) is 32.8 Å². The van der Waals surface area contributed by atoms with Gasteiger partial charge in [0.15, 0.2) is 0 Å². The summed E-state index contributed by atoms with van der Waals surface area (Å²) >= 11 is 6.16. The van der Waals surface area contributed by atoms with Crippen molar-refractivity contribution in [3.05, 3.63) is 46.6 Å². The van der Waals surface area contributed by atoms with Gasteiger partial charge in [0, 0.05) is 23.5 Å². The maximum atomic E-state index is 13.3. The highest BCUT2D eigenvalue weighted by molar-refractivity contribution is 6.30. The number of piperidine rings is 1. The fraction of sp³-hybridized carbons (Fsp3) is 0.565. The van der Waals surface area contributed by atoms with Crippen molar-refractivity contribution < 1.29 is 9.53 Å². The first-order chi connectivity index (χ1) is 14.2. The third-order valence-electron chi connectivity index (χ3n) is 5.95. The smallest absolute Gasteiger partial charge is 0.410 e. The molecule has 0 bridgehead atoms. The minimum atomic E-state index is -0.576. The van der Waals surface area contributed by atoms with Gasteiger partial charge in [0.05, 0.1) is 18.3 Å². The first-order valence-electron chi connectivity index (χ1n) is 10.6. The van der Waals surface area contributed by atoms with Gasteiger partial charge in [0.1, 0.15) is 5.60 Å². The van der Waals surface area contributed by atoms with E-state index in [-0.39, 0.29) is 17.6 Å². The Morgan fingerprint density at radius 1 is 1.33 bits per heavy atom. The maximum Gasteiger partial charge on any atom is 0.410 e. The summed E-state index contributed by atoms with van der Waals surface area (Å²) in [6.07, 6.45) is 4.96. The van der Waals surface area contributed by atoms with E-state index in [1.807, 2.05) is 37.8 Å². The van der Waals surface area contributed by atoms with Gasteiger partial charge in [-0.2, -0.15) is 0 Å². The molecule has 0 aromatic heterocycles. The number of likely N-dealkylation sites (tertiary alicyclic amines) is 1. The van der Waals surface area contributed by atoms with E-state index in [0.29, 0.717) is 31.1 Å². The summed E-state index contributed by atoms with van der Waals surface area (Å²) in [7, 11) is 0. The second kappa shape index (κ2) is 8.98. The molecule has 1 amide bonds. The molecule has 2 aliphatic rings. The average molecular weight is 433 g/mol. The molecule has 1 aromatic carbocycles. The minimum absolute atomic E-state index is 0.246. The summed E-state index contributed by atoms with van der Waals surface area (Å²) in [6, 6.07) is 7.70. The summed E-state index contributed by atoms with van der Waals surface area (Å²) in [5.74, 6) is 0. The van der Waals surface area contributed by atoms with E-state index in [2.05, 4.69) is 12.1 Å². The number of amides is 1. The third kappa shape index (κ3) is 4.49. The largest absolute Gasteiger partial charge is 0.444 e. The van der Waals surface area contributed by atoms with Crippen molar-refractivity contribution in [1.29, 1.82) is 0 Å². The van der Waals surface area contributed by atoms with Crippen LogP contribution in [0.4, 0.5) is 4.79 Å². The van der Waals surface area contributed by atoms with E-state index in [1.165, 1.54) is 0 Å². The fourth-order valence-electron chi connectivity index (χ4n) is 4.50. The SMILES string of the molecule is CC(C)(C)OC(=O)N1CCC(=CN)C(=NCCN)C1C1(c2ccc(Cl)cc2)CCC1. The Hall–Kier alpha value is -2.05. The Morgan fingerprint density at radius 3 is 2.50 bits per heavy atom. The van der Waals surface area contributed by atoms with Crippen LogP contribution in [-0.2, 0) is 10.2 Å². The van der Waals surface area contributed by atoms with Crippen molar-refractivity contribution in [2.75, 3.05) is 19.6 Å². The summed E-state index contributed by atoms with van der Waals surface area (Å²) in [6.45, 7) is 7.13. The Bertz CT molecular complexity index is 823. The highest BCUT2D eigenvalue weighted by atomic mass is 35.5. The lowest BCUT2D eigenvalue weighted by molar-refractivity contribution is 0.00615. The van der Waals surface area contributed by atoms with Gasteiger partial charge in [-0.25, -0.2) is 4.79 Å². The second-order valence-electron chi connectivity index (χ2n) is 9.09. The molecule has 30 heavy (non-hydrogen) atoms. The summed E-state index contributed by atoms with van der Waals surface area (Å²) in [5, 5.41) is 0.695. The molecule has 6 nitrogen and oxygen atoms in total. The molecule has 7 heteroatoms. The maximum absolute atomic E-state index is 13.3. The number of nitrogens with zero attached hydrogens (tertiary/aromatic N) is 2. The number of benzene rings is 1. The molecular formula is C23H33ClN4O2. The molecule has 1 aliphatic heterocycles. The van der Waals surface area contributed by atoms with E-state index in [1.54, 1.807) is 6.20 Å². The molecule has 1 saturated carbocycles. The Labute approximate surface area is 184 Å². The van der Waals surface area contributed by atoms with Crippen LogP contribution in [0.25, 0.3) is 0 Å². The molecular weight excluding hydrogens is 400 g/mol. The molecule has 0 radical (unpaired) electrons. The zero-order valence-corrected chi connectivity index (χ0v) is 18.9. The molecule has 1 aromatic rings. The van der Waals surface area contributed by atoms with E-state index < -0.39 is 5.60 Å². The number of rotatable bonds is 4. The highest BCUT2D eigenvalue weighted by Gasteiger charge is 2.53. The van der Waals surface area contributed by atoms with Crippen LogP contribution in [0.2, 0.25) is 5.02 Å². The third-order valence-corrected chi connectivity index (χ3v) is 6.20. The average Bonchev–Trinajstić information content (AvgIpc) is 2.65. The lowest BCUT2D eigenvalue weighted by Crippen LogP contribution is -2.63. The number of carbonyl (C=O) groups excluding carboxylic acids is 1. The van der Waals surface area contributed by atoms with Crippen LogP contribution in [0, 0.1) is 0 Å². The topological polar surface area (TPSA) is 93.9 Å². The lowest BCUT2D eigenvalue weighted by atomic mass is 9.57. The van der Waals surface area contributed by atoms with Crippen LogP contribution >= 0.6 is 11.6 Å². The molecule has 1 heterocycles.